The molecule has 4 aliphatic carbocycles. The van der Waals surface area contributed by atoms with Gasteiger partial charge in [0.25, 0.3) is 0 Å². The van der Waals surface area contributed by atoms with Crippen molar-refractivity contribution in [1.29, 1.82) is 0 Å². The molecule has 0 atom stereocenters. The van der Waals surface area contributed by atoms with Crippen LogP contribution in [0.25, 0.3) is 10.8 Å². The number of hydrogen-bond donors (Lipinski definition) is 1. The second-order valence-electron chi connectivity index (χ2n) is 7.88. The monoisotopic (exact) mass is 309 g/mol. The molecule has 2 aromatic rings. The summed E-state index contributed by atoms with van der Waals surface area (Å²) in [4.78, 5) is 4.40. The highest BCUT2D eigenvalue weighted by molar-refractivity contribution is 5.86. The van der Waals surface area contributed by atoms with Gasteiger partial charge in [0, 0.05) is 17.6 Å². The molecule has 0 amide bonds. The molecule has 1 heterocycles. The molecule has 0 radical (unpaired) electrons. The third-order valence-electron chi connectivity index (χ3n) is 6.76. The summed E-state index contributed by atoms with van der Waals surface area (Å²) < 4.78 is 5.25. The molecule has 4 saturated carbocycles. The van der Waals surface area contributed by atoms with Crippen LogP contribution in [0.5, 0.6) is 5.88 Å². The fourth-order valence-electron chi connectivity index (χ4n) is 5.95. The van der Waals surface area contributed by atoms with Crippen LogP contribution in [0.1, 0.15) is 37.7 Å². The molecule has 3 nitrogen and oxygen atoms in total. The fourth-order valence-corrected chi connectivity index (χ4v) is 5.95. The summed E-state index contributed by atoms with van der Waals surface area (Å²) >= 11 is 0. The van der Waals surface area contributed by atoms with E-state index < -0.39 is 5.60 Å². The van der Waals surface area contributed by atoms with Crippen LogP contribution in [0.15, 0.2) is 30.5 Å². The molecule has 4 bridgehead atoms. The Morgan fingerprint density at radius 3 is 2.43 bits per heavy atom. The Kier molecular flexibility index (Phi) is 2.82. The Bertz CT molecular complexity index is 741. The SMILES string of the molecule is COc1cc2cccc(C3(O)C4CC5CC(C4)CC3C5)c2cn1. The lowest BCUT2D eigenvalue weighted by Gasteiger charge is -2.59. The van der Waals surface area contributed by atoms with E-state index in [0.29, 0.717) is 17.7 Å². The Balaban J connectivity index is 1.68. The second-order valence-corrected chi connectivity index (χ2v) is 7.88. The van der Waals surface area contributed by atoms with Crippen LogP contribution >= 0.6 is 0 Å². The van der Waals surface area contributed by atoms with Gasteiger partial charge in [-0.3, -0.25) is 0 Å². The van der Waals surface area contributed by atoms with Crippen molar-refractivity contribution >= 4 is 10.8 Å². The second kappa shape index (κ2) is 4.70. The van der Waals surface area contributed by atoms with E-state index in [4.69, 9.17) is 4.74 Å². The highest BCUT2D eigenvalue weighted by Crippen LogP contribution is 2.62. The smallest absolute Gasteiger partial charge is 0.213 e. The first-order valence-electron chi connectivity index (χ1n) is 8.84. The van der Waals surface area contributed by atoms with Gasteiger partial charge in [0.2, 0.25) is 5.88 Å². The summed E-state index contributed by atoms with van der Waals surface area (Å²) in [6.45, 7) is 0. The van der Waals surface area contributed by atoms with Crippen molar-refractivity contribution in [2.45, 2.75) is 37.7 Å². The first-order chi connectivity index (χ1) is 11.2. The van der Waals surface area contributed by atoms with Crippen molar-refractivity contribution in [3.8, 4) is 5.88 Å². The summed E-state index contributed by atoms with van der Waals surface area (Å²) in [5, 5.41) is 14.0. The van der Waals surface area contributed by atoms with Gasteiger partial charge in [0.05, 0.1) is 12.7 Å². The number of ether oxygens (including phenoxy) is 1. The van der Waals surface area contributed by atoms with E-state index in [-0.39, 0.29) is 0 Å². The van der Waals surface area contributed by atoms with Gasteiger partial charge in [-0.15, -0.1) is 0 Å². The van der Waals surface area contributed by atoms with Gasteiger partial charge in [-0.25, -0.2) is 4.98 Å². The van der Waals surface area contributed by atoms with Crippen molar-refractivity contribution in [3.05, 3.63) is 36.0 Å². The lowest BCUT2D eigenvalue weighted by molar-refractivity contribution is -0.178. The predicted molar refractivity (Wildman–Crippen MR) is 89.2 cm³/mol. The number of nitrogens with zero attached hydrogens (tertiary/aromatic N) is 1. The quantitative estimate of drug-likeness (QED) is 0.915. The van der Waals surface area contributed by atoms with E-state index in [0.717, 1.165) is 28.2 Å². The zero-order valence-electron chi connectivity index (χ0n) is 13.5. The molecule has 1 aromatic heterocycles. The molecule has 4 fully saturated rings. The van der Waals surface area contributed by atoms with E-state index in [9.17, 15) is 5.11 Å². The van der Waals surface area contributed by atoms with Crippen molar-refractivity contribution < 1.29 is 9.84 Å². The Morgan fingerprint density at radius 1 is 1.09 bits per heavy atom. The fraction of sp³-hybridized carbons (Fsp3) is 0.550. The summed E-state index contributed by atoms with van der Waals surface area (Å²) in [6, 6.07) is 8.25. The summed E-state index contributed by atoms with van der Waals surface area (Å²) in [5.74, 6) is 3.18. The summed E-state index contributed by atoms with van der Waals surface area (Å²) in [6.07, 6.45) is 8.07. The number of hydrogen-bond acceptors (Lipinski definition) is 3. The van der Waals surface area contributed by atoms with Gasteiger partial charge in [-0.2, -0.15) is 0 Å². The first kappa shape index (κ1) is 13.8. The van der Waals surface area contributed by atoms with Gasteiger partial charge in [0.1, 0.15) is 0 Å². The van der Waals surface area contributed by atoms with Crippen LogP contribution in [0, 0.1) is 23.7 Å². The van der Waals surface area contributed by atoms with Crippen LogP contribution in [0.3, 0.4) is 0 Å². The average molecular weight is 309 g/mol. The molecule has 6 rings (SSSR count). The molecule has 1 N–H and O–H groups in total. The number of pyridine rings is 1. The number of benzene rings is 1. The maximum Gasteiger partial charge on any atom is 0.213 e. The zero-order valence-corrected chi connectivity index (χ0v) is 13.5. The average Bonchev–Trinajstić information content (AvgIpc) is 2.57. The molecule has 0 aliphatic heterocycles. The normalized spacial score (nSPS) is 38.2. The molecule has 3 heteroatoms. The van der Waals surface area contributed by atoms with Crippen LogP contribution in [-0.2, 0) is 5.60 Å². The van der Waals surface area contributed by atoms with E-state index in [1.54, 1.807) is 7.11 Å². The van der Waals surface area contributed by atoms with Gasteiger partial charge in [-0.1, -0.05) is 18.2 Å². The first-order valence-corrected chi connectivity index (χ1v) is 8.84. The molecular weight excluding hydrogens is 286 g/mol. The molecule has 0 unspecified atom stereocenters. The van der Waals surface area contributed by atoms with E-state index in [2.05, 4.69) is 23.2 Å². The van der Waals surface area contributed by atoms with Crippen molar-refractivity contribution in [3.63, 3.8) is 0 Å². The largest absolute Gasteiger partial charge is 0.481 e. The standard InChI is InChI=1S/C20H23NO2/c1-23-19-10-14-3-2-4-18(17(14)11-21-19)20(22)15-6-12-5-13(8-15)9-16(20)7-12/h2-4,10-13,15-16,22H,5-9H2,1H3. The number of methoxy groups -OCH3 is 1. The highest BCUT2D eigenvalue weighted by Gasteiger charge is 2.57. The van der Waals surface area contributed by atoms with Crippen LogP contribution < -0.4 is 4.74 Å². The van der Waals surface area contributed by atoms with Gasteiger partial charge in [0.15, 0.2) is 0 Å². The van der Waals surface area contributed by atoms with Crippen molar-refractivity contribution in [1.82, 2.24) is 4.98 Å². The van der Waals surface area contributed by atoms with Crippen LogP contribution in [0.4, 0.5) is 0 Å². The zero-order chi connectivity index (χ0) is 15.6. The van der Waals surface area contributed by atoms with Gasteiger partial charge in [-0.05, 0) is 66.7 Å². The van der Waals surface area contributed by atoms with E-state index >= 15 is 0 Å². The van der Waals surface area contributed by atoms with Crippen molar-refractivity contribution in [2.24, 2.45) is 23.7 Å². The maximum absolute atomic E-state index is 11.8. The minimum atomic E-state index is -0.663. The molecule has 4 aliphatic rings. The van der Waals surface area contributed by atoms with Crippen molar-refractivity contribution in [2.75, 3.05) is 7.11 Å². The van der Waals surface area contributed by atoms with Crippen LogP contribution in [0.2, 0.25) is 0 Å². The predicted octanol–water partition coefficient (Wildman–Crippen LogP) is 3.89. The summed E-state index contributed by atoms with van der Waals surface area (Å²) in [5.41, 5.74) is 0.433. The molecule has 120 valence electrons. The summed E-state index contributed by atoms with van der Waals surface area (Å²) in [7, 11) is 1.64. The Hall–Kier alpha value is -1.61. The Morgan fingerprint density at radius 2 is 1.78 bits per heavy atom. The van der Waals surface area contributed by atoms with E-state index in [1.807, 2.05) is 12.3 Å². The third kappa shape index (κ3) is 1.83. The number of fused-ring (bicyclic) bond motifs is 1. The minimum absolute atomic E-state index is 0.423. The topological polar surface area (TPSA) is 42.4 Å². The Labute approximate surface area is 136 Å². The van der Waals surface area contributed by atoms with Gasteiger partial charge >= 0.3 is 0 Å². The molecule has 0 saturated heterocycles. The number of rotatable bonds is 2. The lowest BCUT2D eigenvalue weighted by atomic mass is 9.48. The highest BCUT2D eigenvalue weighted by atomic mass is 16.5. The van der Waals surface area contributed by atoms with Crippen LogP contribution in [-0.4, -0.2) is 17.2 Å². The number of aromatic nitrogens is 1. The molecular formula is C20H23NO2. The molecule has 23 heavy (non-hydrogen) atoms. The molecule has 1 aromatic carbocycles. The van der Waals surface area contributed by atoms with Gasteiger partial charge < -0.3 is 9.84 Å². The third-order valence-corrected chi connectivity index (χ3v) is 6.76. The minimum Gasteiger partial charge on any atom is -0.481 e. The maximum atomic E-state index is 11.8. The lowest BCUT2D eigenvalue weighted by Crippen LogP contribution is -2.55. The molecule has 0 spiro atoms. The number of aliphatic hydroxyl groups is 1. The van der Waals surface area contributed by atoms with E-state index in [1.165, 1.54) is 32.1 Å².